The lowest BCUT2D eigenvalue weighted by Crippen LogP contribution is -1.95. The van der Waals surface area contributed by atoms with E-state index in [2.05, 4.69) is 22.3 Å². The average molecular weight is 326 g/mol. The molecule has 3 aromatic rings. The fourth-order valence-electron chi connectivity index (χ4n) is 2.15. The molecule has 7 heteroatoms. The van der Waals surface area contributed by atoms with Crippen molar-refractivity contribution >= 4 is 17.4 Å². The van der Waals surface area contributed by atoms with Gasteiger partial charge in [-0.1, -0.05) is 42.1 Å². The Morgan fingerprint density at radius 1 is 1.09 bits per heavy atom. The first-order valence-electron chi connectivity index (χ1n) is 6.96. The van der Waals surface area contributed by atoms with Crippen LogP contribution in [0.25, 0.3) is 11.4 Å². The highest BCUT2D eigenvalue weighted by Gasteiger charge is 2.13. The third-order valence-electron chi connectivity index (χ3n) is 3.38. The predicted octanol–water partition coefficient (Wildman–Crippen LogP) is 3.68. The number of rotatable bonds is 5. The number of non-ortho nitro benzene ring substituents is 1. The summed E-state index contributed by atoms with van der Waals surface area (Å²) in [5, 5.41) is 19.9. The molecule has 0 fully saturated rings. The number of aromatic nitrogens is 3. The second-order valence-corrected chi connectivity index (χ2v) is 5.89. The largest absolute Gasteiger partial charge is 0.305 e. The fourth-order valence-corrected chi connectivity index (χ4v) is 3.01. The molecule has 0 aliphatic heterocycles. The van der Waals surface area contributed by atoms with Crippen molar-refractivity contribution in [1.82, 2.24) is 14.8 Å². The van der Waals surface area contributed by atoms with Gasteiger partial charge in [0.15, 0.2) is 11.0 Å². The summed E-state index contributed by atoms with van der Waals surface area (Å²) in [6.07, 6.45) is 0. The van der Waals surface area contributed by atoms with Gasteiger partial charge in [-0.15, -0.1) is 10.2 Å². The molecule has 2 aromatic carbocycles. The van der Waals surface area contributed by atoms with Gasteiger partial charge in [-0.25, -0.2) is 0 Å². The smallest absolute Gasteiger partial charge is 0.269 e. The summed E-state index contributed by atoms with van der Waals surface area (Å²) < 4.78 is 1.90. The highest BCUT2D eigenvalue weighted by molar-refractivity contribution is 7.98. The summed E-state index contributed by atoms with van der Waals surface area (Å²) in [6, 6.07) is 16.5. The van der Waals surface area contributed by atoms with Crippen LogP contribution >= 0.6 is 11.8 Å². The standard InChI is InChI=1S/C16H14N4O2S/c1-19-15(13-7-9-14(10-8-13)20(21)22)17-18-16(19)23-11-12-5-3-2-4-6-12/h2-10H,11H2,1H3. The normalized spacial score (nSPS) is 10.7. The zero-order chi connectivity index (χ0) is 16.2. The van der Waals surface area contributed by atoms with E-state index in [-0.39, 0.29) is 5.69 Å². The van der Waals surface area contributed by atoms with Gasteiger partial charge >= 0.3 is 0 Å². The monoisotopic (exact) mass is 326 g/mol. The molecule has 0 amide bonds. The highest BCUT2D eigenvalue weighted by Crippen LogP contribution is 2.26. The number of benzene rings is 2. The fraction of sp³-hybridized carbons (Fsp3) is 0.125. The molecule has 6 nitrogen and oxygen atoms in total. The van der Waals surface area contributed by atoms with Crippen molar-refractivity contribution in [2.75, 3.05) is 0 Å². The molecular formula is C16H14N4O2S. The lowest BCUT2D eigenvalue weighted by Gasteiger charge is -2.04. The summed E-state index contributed by atoms with van der Waals surface area (Å²) in [6.45, 7) is 0. The summed E-state index contributed by atoms with van der Waals surface area (Å²) >= 11 is 1.60. The Hall–Kier alpha value is -2.67. The van der Waals surface area contributed by atoms with Gasteiger partial charge in [-0.05, 0) is 17.7 Å². The molecule has 1 heterocycles. The number of hydrogen-bond acceptors (Lipinski definition) is 5. The van der Waals surface area contributed by atoms with E-state index in [1.165, 1.54) is 17.7 Å². The Kier molecular flexibility index (Phi) is 4.38. The Balaban J connectivity index is 1.77. The van der Waals surface area contributed by atoms with E-state index in [0.29, 0.717) is 5.82 Å². The SMILES string of the molecule is Cn1c(SCc2ccccc2)nnc1-c1ccc([N+](=O)[O-])cc1. The number of nitrogens with zero attached hydrogens (tertiary/aromatic N) is 4. The molecule has 0 saturated heterocycles. The molecule has 0 N–H and O–H groups in total. The van der Waals surface area contributed by atoms with E-state index in [4.69, 9.17) is 0 Å². The number of nitro groups is 1. The molecule has 0 aliphatic rings. The Bertz CT molecular complexity index is 816. The molecule has 116 valence electrons. The van der Waals surface area contributed by atoms with Gasteiger partial charge in [0, 0.05) is 30.5 Å². The summed E-state index contributed by atoms with van der Waals surface area (Å²) in [4.78, 5) is 10.3. The molecule has 0 radical (unpaired) electrons. The Labute approximate surface area is 137 Å². The van der Waals surface area contributed by atoms with E-state index in [0.717, 1.165) is 16.5 Å². The van der Waals surface area contributed by atoms with Gasteiger partial charge in [0.05, 0.1) is 4.92 Å². The van der Waals surface area contributed by atoms with Crippen molar-refractivity contribution in [3.63, 3.8) is 0 Å². The van der Waals surface area contributed by atoms with Crippen LogP contribution in [-0.2, 0) is 12.8 Å². The van der Waals surface area contributed by atoms with Crippen LogP contribution in [0.2, 0.25) is 0 Å². The first-order valence-corrected chi connectivity index (χ1v) is 7.94. The Morgan fingerprint density at radius 3 is 2.43 bits per heavy atom. The van der Waals surface area contributed by atoms with E-state index >= 15 is 0 Å². The van der Waals surface area contributed by atoms with E-state index in [1.54, 1.807) is 23.9 Å². The minimum absolute atomic E-state index is 0.0644. The predicted molar refractivity (Wildman–Crippen MR) is 89.1 cm³/mol. The molecule has 0 atom stereocenters. The van der Waals surface area contributed by atoms with E-state index < -0.39 is 4.92 Å². The molecule has 0 unspecified atom stereocenters. The van der Waals surface area contributed by atoms with Crippen molar-refractivity contribution in [2.24, 2.45) is 7.05 Å². The number of hydrogen-bond donors (Lipinski definition) is 0. The first kappa shape index (κ1) is 15.2. The lowest BCUT2D eigenvalue weighted by molar-refractivity contribution is -0.384. The van der Waals surface area contributed by atoms with Crippen LogP contribution in [0.5, 0.6) is 0 Å². The number of thioether (sulfide) groups is 1. The van der Waals surface area contributed by atoms with Gasteiger partial charge in [-0.2, -0.15) is 0 Å². The maximum Gasteiger partial charge on any atom is 0.269 e. The Morgan fingerprint density at radius 2 is 1.78 bits per heavy atom. The van der Waals surface area contributed by atoms with Crippen molar-refractivity contribution in [2.45, 2.75) is 10.9 Å². The van der Waals surface area contributed by atoms with Crippen molar-refractivity contribution in [3.05, 3.63) is 70.3 Å². The van der Waals surface area contributed by atoms with Crippen LogP contribution in [-0.4, -0.2) is 19.7 Å². The van der Waals surface area contributed by atoms with Gasteiger partial charge in [0.25, 0.3) is 5.69 Å². The van der Waals surface area contributed by atoms with Crippen molar-refractivity contribution in [3.8, 4) is 11.4 Å². The quantitative estimate of drug-likeness (QED) is 0.406. The minimum Gasteiger partial charge on any atom is -0.305 e. The maximum atomic E-state index is 10.7. The maximum absolute atomic E-state index is 10.7. The van der Waals surface area contributed by atoms with E-state index in [9.17, 15) is 10.1 Å². The average Bonchev–Trinajstić information content (AvgIpc) is 2.95. The third-order valence-corrected chi connectivity index (χ3v) is 4.47. The molecule has 0 aliphatic carbocycles. The van der Waals surface area contributed by atoms with Crippen molar-refractivity contribution in [1.29, 1.82) is 0 Å². The van der Waals surface area contributed by atoms with Crippen LogP contribution in [0.15, 0.2) is 59.8 Å². The van der Waals surface area contributed by atoms with Gasteiger partial charge in [0.2, 0.25) is 0 Å². The summed E-state index contributed by atoms with van der Waals surface area (Å²) in [5.74, 6) is 1.50. The van der Waals surface area contributed by atoms with Gasteiger partial charge in [0.1, 0.15) is 0 Å². The minimum atomic E-state index is -0.415. The van der Waals surface area contributed by atoms with Crippen LogP contribution in [0.4, 0.5) is 5.69 Å². The van der Waals surface area contributed by atoms with Crippen LogP contribution < -0.4 is 0 Å². The molecular weight excluding hydrogens is 312 g/mol. The van der Waals surface area contributed by atoms with Crippen LogP contribution in [0.3, 0.4) is 0 Å². The number of nitro benzene ring substituents is 1. The van der Waals surface area contributed by atoms with E-state index in [1.807, 2.05) is 29.8 Å². The van der Waals surface area contributed by atoms with Crippen LogP contribution in [0.1, 0.15) is 5.56 Å². The van der Waals surface area contributed by atoms with Crippen LogP contribution in [0, 0.1) is 10.1 Å². The topological polar surface area (TPSA) is 73.8 Å². The molecule has 3 rings (SSSR count). The molecule has 0 bridgehead atoms. The summed E-state index contributed by atoms with van der Waals surface area (Å²) in [7, 11) is 1.89. The highest BCUT2D eigenvalue weighted by atomic mass is 32.2. The van der Waals surface area contributed by atoms with Crippen molar-refractivity contribution < 1.29 is 4.92 Å². The first-order chi connectivity index (χ1) is 11.1. The molecule has 1 aromatic heterocycles. The summed E-state index contributed by atoms with van der Waals surface area (Å²) in [5.41, 5.74) is 2.09. The molecule has 0 spiro atoms. The second-order valence-electron chi connectivity index (χ2n) is 4.94. The van der Waals surface area contributed by atoms with Gasteiger partial charge < -0.3 is 4.57 Å². The molecule has 0 saturated carbocycles. The second kappa shape index (κ2) is 6.62. The van der Waals surface area contributed by atoms with Gasteiger partial charge in [-0.3, -0.25) is 10.1 Å². The third kappa shape index (κ3) is 3.40. The zero-order valence-corrected chi connectivity index (χ0v) is 13.2. The lowest BCUT2D eigenvalue weighted by atomic mass is 10.2. The zero-order valence-electron chi connectivity index (χ0n) is 12.4. The molecule has 23 heavy (non-hydrogen) atoms.